The third kappa shape index (κ3) is 4.28. The number of rotatable bonds is 6. The molecule has 30 heavy (non-hydrogen) atoms. The number of ether oxygens (including phenoxy) is 2. The summed E-state index contributed by atoms with van der Waals surface area (Å²) in [4.78, 5) is 27.1. The summed E-state index contributed by atoms with van der Waals surface area (Å²) < 4.78 is 10.6. The summed E-state index contributed by atoms with van der Waals surface area (Å²) in [6.45, 7) is 2.15. The Morgan fingerprint density at radius 2 is 1.93 bits per heavy atom. The molecule has 1 heterocycles. The van der Waals surface area contributed by atoms with Gasteiger partial charge in [-0.2, -0.15) is 0 Å². The molecule has 0 radical (unpaired) electrons. The number of esters is 1. The number of hydrogen-bond acceptors (Lipinski definition) is 5. The molecule has 0 saturated carbocycles. The quantitative estimate of drug-likeness (QED) is 0.619. The molecule has 2 aromatic carbocycles. The van der Waals surface area contributed by atoms with E-state index in [1.54, 1.807) is 24.0 Å². The zero-order valence-electron chi connectivity index (χ0n) is 16.9. The Hall–Kier alpha value is -3.00. The summed E-state index contributed by atoms with van der Waals surface area (Å²) in [6, 6.07) is 12.0. The van der Waals surface area contributed by atoms with Crippen molar-refractivity contribution in [2.45, 2.75) is 19.4 Å². The molecule has 2 amide bonds. The number of phenolic OH excluding ortho intramolecular Hbond substituents is 1. The molecule has 0 aliphatic carbocycles. The Balaban J connectivity index is 2.00. The van der Waals surface area contributed by atoms with Crippen molar-refractivity contribution >= 4 is 27.9 Å². The summed E-state index contributed by atoms with van der Waals surface area (Å²) in [5.74, 6) is -0.374. The van der Waals surface area contributed by atoms with E-state index in [1.807, 2.05) is 30.3 Å². The minimum atomic E-state index is -0.747. The van der Waals surface area contributed by atoms with Crippen molar-refractivity contribution in [3.8, 4) is 11.5 Å². The average molecular weight is 475 g/mol. The number of phenols is 1. The van der Waals surface area contributed by atoms with E-state index in [-0.39, 0.29) is 17.5 Å². The summed E-state index contributed by atoms with van der Waals surface area (Å²) in [5, 5.41) is 13.0. The van der Waals surface area contributed by atoms with Crippen LogP contribution in [-0.2, 0) is 16.0 Å². The molecule has 0 bridgehead atoms. The standard InChI is InChI=1S/C22H23BrN2O5/c1-13-18(21(27)30-3)19(15-11-16(23)20(26)17(12-15)29-2)24-22(28)25(13)10-9-14-7-5-4-6-8-14/h4-8,11-12,19,26H,9-10H2,1-3H3,(H,24,28)/t19-/m0/s1. The molecule has 8 heteroatoms. The number of carbonyl (C=O) groups is 2. The highest BCUT2D eigenvalue weighted by molar-refractivity contribution is 9.10. The smallest absolute Gasteiger partial charge is 0.337 e. The molecule has 1 atom stereocenters. The molecule has 0 fully saturated rings. The molecule has 0 aromatic heterocycles. The minimum Gasteiger partial charge on any atom is -0.503 e. The fourth-order valence-electron chi connectivity index (χ4n) is 3.48. The van der Waals surface area contributed by atoms with E-state index in [0.29, 0.717) is 34.3 Å². The summed E-state index contributed by atoms with van der Waals surface area (Å²) in [7, 11) is 2.73. The number of urea groups is 1. The number of allylic oxidation sites excluding steroid dienone is 1. The Morgan fingerprint density at radius 1 is 1.23 bits per heavy atom. The number of aromatic hydroxyl groups is 1. The van der Waals surface area contributed by atoms with Crippen LogP contribution in [0.3, 0.4) is 0 Å². The topological polar surface area (TPSA) is 88.1 Å². The van der Waals surface area contributed by atoms with E-state index < -0.39 is 12.0 Å². The fraction of sp³-hybridized carbons (Fsp3) is 0.273. The van der Waals surface area contributed by atoms with Gasteiger partial charge in [-0.3, -0.25) is 4.90 Å². The molecule has 7 nitrogen and oxygen atoms in total. The van der Waals surface area contributed by atoms with Gasteiger partial charge in [0.25, 0.3) is 0 Å². The molecular formula is C22H23BrN2O5. The highest BCUT2D eigenvalue weighted by Gasteiger charge is 2.36. The first-order chi connectivity index (χ1) is 14.4. The molecule has 0 saturated heterocycles. The molecule has 1 aliphatic heterocycles. The largest absolute Gasteiger partial charge is 0.503 e. The van der Waals surface area contributed by atoms with Crippen LogP contribution >= 0.6 is 15.9 Å². The van der Waals surface area contributed by atoms with Crippen LogP contribution in [0.2, 0.25) is 0 Å². The summed E-state index contributed by atoms with van der Waals surface area (Å²) >= 11 is 3.29. The van der Waals surface area contributed by atoms with Crippen LogP contribution in [-0.4, -0.2) is 42.8 Å². The van der Waals surface area contributed by atoms with Crippen molar-refractivity contribution in [3.63, 3.8) is 0 Å². The molecular weight excluding hydrogens is 452 g/mol. The van der Waals surface area contributed by atoms with Crippen molar-refractivity contribution < 1.29 is 24.2 Å². The Labute approximate surface area is 183 Å². The molecule has 158 valence electrons. The van der Waals surface area contributed by atoms with Crippen molar-refractivity contribution in [1.82, 2.24) is 10.2 Å². The molecule has 2 N–H and O–H groups in total. The number of carbonyl (C=O) groups excluding carboxylic acids is 2. The minimum absolute atomic E-state index is 0.0619. The summed E-state index contributed by atoms with van der Waals surface area (Å²) in [5.41, 5.74) is 2.51. The Bertz CT molecular complexity index is 991. The van der Waals surface area contributed by atoms with Crippen LogP contribution in [0.4, 0.5) is 4.79 Å². The van der Waals surface area contributed by atoms with Gasteiger partial charge in [0.15, 0.2) is 11.5 Å². The Morgan fingerprint density at radius 3 is 2.57 bits per heavy atom. The second-order valence-electron chi connectivity index (χ2n) is 6.81. The van der Waals surface area contributed by atoms with Gasteiger partial charge in [-0.05, 0) is 52.5 Å². The number of halogens is 1. The third-order valence-corrected chi connectivity index (χ3v) is 5.68. The monoisotopic (exact) mass is 474 g/mol. The zero-order chi connectivity index (χ0) is 21.8. The number of benzene rings is 2. The first kappa shape index (κ1) is 21.7. The third-order valence-electron chi connectivity index (χ3n) is 5.07. The lowest BCUT2D eigenvalue weighted by atomic mass is 9.94. The highest BCUT2D eigenvalue weighted by Crippen LogP contribution is 2.40. The number of hydrogen-bond donors (Lipinski definition) is 2. The van der Waals surface area contributed by atoms with Gasteiger partial charge in [0.2, 0.25) is 0 Å². The second kappa shape index (κ2) is 9.21. The van der Waals surface area contributed by atoms with Crippen LogP contribution < -0.4 is 10.1 Å². The van der Waals surface area contributed by atoms with Gasteiger partial charge in [0, 0.05) is 12.2 Å². The molecule has 0 unspecified atom stereocenters. The van der Waals surface area contributed by atoms with Gasteiger partial charge in [0.1, 0.15) is 0 Å². The van der Waals surface area contributed by atoms with Crippen LogP contribution in [0.25, 0.3) is 0 Å². The average Bonchev–Trinajstić information content (AvgIpc) is 2.75. The molecule has 2 aromatic rings. The first-order valence-electron chi connectivity index (χ1n) is 9.34. The lowest BCUT2D eigenvalue weighted by molar-refractivity contribution is -0.136. The second-order valence-corrected chi connectivity index (χ2v) is 7.67. The SMILES string of the molecule is COC(=O)C1=C(C)N(CCc2ccccc2)C(=O)N[C@H]1c1cc(Br)c(O)c(OC)c1. The molecule has 0 spiro atoms. The van der Waals surface area contributed by atoms with Crippen LogP contribution in [0.15, 0.2) is 58.2 Å². The van der Waals surface area contributed by atoms with E-state index >= 15 is 0 Å². The maximum absolute atomic E-state index is 12.9. The van der Waals surface area contributed by atoms with E-state index in [4.69, 9.17) is 9.47 Å². The normalized spacial score (nSPS) is 16.3. The number of nitrogens with zero attached hydrogens (tertiary/aromatic N) is 1. The van der Waals surface area contributed by atoms with Gasteiger partial charge < -0.3 is 19.9 Å². The fourth-order valence-corrected chi connectivity index (χ4v) is 3.94. The van der Waals surface area contributed by atoms with Crippen molar-refractivity contribution in [3.05, 3.63) is 69.3 Å². The lowest BCUT2D eigenvalue weighted by Crippen LogP contribution is -2.48. The maximum atomic E-state index is 12.9. The van der Waals surface area contributed by atoms with Gasteiger partial charge in [0.05, 0.1) is 30.3 Å². The van der Waals surface area contributed by atoms with Gasteiger partial charge in [-0.25, -0.2) is 9.59 Å². The first-order valence-corrected chi connectivity index (χ1v) is 10.1. The lowest BCUT2D eigenvalue weighted by Gasteiger charge is -2.35. The maximum Gasteiger partial charge on any atom is 0.337 e. The molecule has 1 aliphatic rings. The predicted molar refractivity (Wildman–Crippen MR) is 115 cm³/mol. The predicted octanol–water partition coefficient (Wildman–Crippen LogP) is 3.92. The van der Waals surface area contributed by atoms with Crippen LogP contribution in [0.5, 0.6) is 11.5 Å². The van der Waals surface area contributed by atoms with Crippen molar-refractivity contribution in [1.29, 1.82) is 0 Å². The Kier molecular flexibility index (Phi) is 6.66. The van der Waals surface area contributed by atoms with Gasteiger partial charge in [-0.1, -0.05) is 30.3 Å². The van der Waals surface area contributed by atoms with E-state index in [9.17, 15) is 14.7 Å². The number of methoxy groups -OCH3 is 2. The van der Waals surface area contributed by atoms with E-state index in [2.05, 4.69) is 21.2 Å². The zero-order valence-corrected chi connectivity index (χ0v) is 18.5. The van der Waals surface area contributed by atoms with Crippen LogP contribution in [0.1, 0.15) is 24.1 Å². The van der Waals surface area contributed by atoms with Gasteiger partial charge in [-0.15, -0.1) is 0 Å². The van der Waals surface area contributed by atoms with Crippen molar-refractivity contribution in [2.24, 2.45) is 0 Å². The van der Waals surface area contributed by atoms with E-state index in [1.165, 1.54) is 14.2 Å². The van der Waals surface area contributed by atoms with Gasteiger partial charge >= 0.3 is 12.0 Å². The number of amides is 2. The molecule has 3 rings (SSSR count). The van der Waals surface area contributed by atoms with Crippen molar-refractivity contribution in [2.75, 3.05) is 20.8 Å². The van der Waals surface area contributed by atoms with E-state index in [0.717, 1.165) is 5.56 Å². The summed E-state index contributed by atoms with van der Waals surface area (Å²) in [6.07, 6.45) is 0.642. The highest BCUT2D eigenvalue weighted by atomic mass is 79.9. The van der Waals surface area contributed by atoms with Crippen LogP contribution in [0, 0.1) is 0 Å². The number of nitrogens with one attached hydrogen (secondary N) is 1.